The molecule has 0 saturated carbocycles. The van der Waals surface area contributed by atoms with E-state index in [9.17, 15) is 13.2 Å². The third kappa shape index (κ3) is 4.20. The van der Waals surface area contributed by atoms with Crippen molar-refractivity contribution in [1.29, 1.82) is 0 Å². The van der Waals surface area contributed by atoms with Gasteiger partial charge in [0.25, 0.3) is 10.0 Å². The molecule has 0 heterocycles. The molecule has 0 aliphatic rings. The van der Waals surface area contributed by atoms with Crippen LogP contribution in [0.1, 0.15) is 5.56 Å². The maximum absolute atomic E-state index is 12.2. The molecule has 2 aromatic carbocycles. The molecule has 0 amide bonds. The van der Waals surface area contributed by atoms with Gasteiger partial charge in [-0.15, -0.1) is 0 Å². The Labute approximate surface area is 129 Å². The first-order valence-corrected chi connectivity index (χ1v) is 8.00. The molecule has 114 valence electrons. The number of esters is 1. The number of carbonyl (C=O) groups is 1. The third-order valence-corrected chi connectivity index (χ3v) is 3.86. The van der Waals surface area contributed by atoms with E-state index in [1.54, 1.807) is 60.7 Å². The van der Waals surface area contributed by atoms with Crippen LogP contribution in [0.2, 0.25) is 0 Å². The van der Waals surface area contributed by atoms with Gasteiger partial charge in [-0.1, -0.05) is 48.5 Å². The summed E-state index contributed by atoms with van der Waals surface area (Å²) in [5.74, 6) is -0.718. The van der Waals surface area contributed by atoms with E-state index in [1.165, 1.54) is 7.11 Å². The molecule has 0 aromatic heterocycles. The minimum Gasteiger partial charge on any atom is -0.465 e. The maximum Gasteiger partial charge on any atom is 0.339 e. The van der Waals surface area contributed by atoms with Gasteiger partial charge in [0, 0.05) is 5.69 Å². The van der Waals surface area contributed by atoms with Crippen LogP contribution in [-0.2, 0) is 19.6 Å². The van der Waals surface area contributed by atoms with E-state index in [4.69, 9.17) is 0 Å². The van der Waals surface area contributed by atoms with Gasteiger partial charge < -0.3 is 4.74 Å². The summed E-state index contributed by atoms with van der Waals surface area (Å²) in [6.45, 7) is 0. The van der Waals surface area contributed by atoms with Crippen LogP contribution in [0.15, 0.2) is 66.1 Å². The summed E-state index contributed by atoms with van der Waals surface area (Å²) >= 11 is 0. The minimum atomic E-state index is -3.85. The van der Waals surface area contributed by atoms with E-state index in [0.29, 0.717) is 11.3 Å². The van der Waals surface area contributed by atoms with Gasteiger partial charge in [0.05, 0.1) is 18.1 Å². The number of rotatable bonds is 5. The SMILES string of the molecule is COC(=O)C(=CS(=O)(=O)Nc1ccccc1)c1ccccc1. The second-order valence-electron chi connectivity index (χ2n) is 4.40. The van der Waals surface area contributed by atoms with E-state index >= 15 is 0 Å². The third-order valence-electron chi connectivity index (χ3n) is 2.80. The zero-order valence-corrected chi connectivity index (χ0v) is 12.7. The molecule has 0 spiro atoms. The fraction of sp³-hybridized carbons (Fsp3) is 0.0625. The number of hydrogen-bond acceptors (Lipinski definition) is 4. The number of anilines is 1. The highest BCUT2D eigenvalue weighted by Gasteiger charge is 2.17. The molecule has 1 N–H and O–H groups in total. The first-order valence-electron chi connectivity index (χ1n) is 6.45. The molecule has 2 rings (SSSR count). The van der Waals surface area contributed by atoms with Gasteiger partial charge in [0.1, 0.15) is 0 Å². The lowest BCUT2D eigenvalue weighted by Gasteiger charge is -2.08. The molecule has 22 heavy (non-hydrogen) atoms. The van der Waals surface area contributed by atoms with Gasteiger partial charge in [-0.2, -0.15) is 0 Å². The van der Waals surface area contributed by atoms with Gasteiger partial charge in [-0.25, -0.2) is 13.2 Å². The Balaban J connectivity index is 2.38. The second-order valence-corrected chi connectivity index (χ2v) is 5.93. The molecule has 0 saturated heterocycles. The smallest absolute Gasteiger partial charge is 0.339 e. The molecule has 0 aliphatic heterocycles. The van der Waals surface area contributed by atoms with Crippen LogP contribution in [-0.4, -0.2) is 21.5 Å². The van der Waals surface area contributed by atoms with Crippen molar-refractivity contribution in [3.63, 3.8) is 0 Å². The Morgan fingerprint density at radius 3 is 2.09 bits per heavy atom. The van der Waals surface area contributed by atoms with E-state index < -0.39 is 16.0 Å². The predicted octanol–water partition coefficient (Wildman–Crippen LogP) is 2.64. The number of carbonyl (C=O) groups excluding carboxylic acids is 1. The predicted molar refractivity (Wildman–Crippen MR) is 85.4 cm³/mol. The van der Waals surface area contributed by atoms with Crippen LogP contribution < -0.4 is 4.72 Å². The van der Waals surface area contributed by atoms with Crippen LogP contribution in [0.4, 0.5) is 5.69 Å². The molecule has 0 unspecified atom stereocenters. The van der Waals surface area contributed by atoms with Crippen molar-refractivity contribution in [3.05, 3.63) is 71.6 Å². The second kappa shape index (κ2) is 6.91. The number of para-hydroxylation sites is 1. The molecular formula is C16H15NO4S. The normalized spacial score (nSPS) is 11.8. The van der Waals surface area contributed by atoms with E-state index in [-0.39, 0.29) is 5.57 Å². The van der Waals surface area contributed by atoms with Crippen LogP contribution in [0, 0.1) is 0 Å². The summed E-state index contributed by atoms with van der Waals surface area (Å²) in [6, 6.07) is 16.9. The summed E-state index contributed by atoms with van der Waals surface area (Å²) in [5.41, 5.74) is 0.843. The zero-order chi connectivity index (χ0) is 16.0. The fourth-order valence-corrected chi connectivity index (χ4v) is 2.88. The number of methoxy groups -OCH3 is 1. The first kappa shape index (κ1) is 15.8. The van der Waals surface area contributed by atoms with E-state index in [2.05, 4.69) is 9.46 Å². The van der Waals surface area contributed by atoms with Gasteiger partial charge in [0.2, 0.25) is 0 Å². The van der Waals surface area contributed by atoms with Crippen LogP contribution >= 0.6 is 0 Å². The molecular weight excluding hydrogens is 302 g/mol. The lowest BCUT2D eigenvalue weighted by atomic mass is 10.1. The Hall–Kier alpha value is -2.60. The average Bonchev–Trinajstić information content (AvgIpc) is 2.53. The molecule has 0 atom stereocenters. The van der Waals surface area contributed by atoms with Crippen molar-refractivity contribution < 1.29 is 17.9 Å². The number of benzene rings is 2. The molecule has 2 aromatic rings. The van der Waals surface area contributed by atoms with Crippen LogP contribution in [0.5, 0.6) is 0 Å². The minimum absolute atomic E-state index is 0.0356. The lowest BCUT2D eigenvalue weighted by Crippen LogP contribution is -2.13. The summed E-state index contributed by atoms with van der Waals surface area (Å²) in [4.78, 5) is 11.9. The van der Waals surface area contributed by atoms with Crippen molar-refractivity contribution >= 4 is 27.3 Å². The largest absolute Gasteiger partial charge is 0.465 e. The fourth-order valence-electron chi connectivity index (χ4n) is 1.82. The average molecular weight is 317 g/mol. The van der Waals surface area contributed by atoms with Crippen molar-refractivity contribution in [1.82, 2.24) is 0 Å². The molecule has 0 aliphatic carbocycles. The van der Waals surface area contributed by atoms with Crippen molar-refractivity contribution in [2.75, 3.05) is 11.8 Å². The number of hydrogen-bond donors (Lipinski definition) is 1. The molecule has 6 heteroatoms. The quantitative estimate of drug-likeness (QED) is 0.680. The summed E-state index contributed by atoms with van der Waals surface area (Å²) in [6.07, 6.45) is 0. The first-order chi connectivity index (χ1) is 10.5. The molecule has 0 radical (unpaired) electrons. The highest BCUT2D eigenvalue weighted by molar-refractivity contribution is 7.95. The Bertz CT molecular complexity index is 768. The summed E-state index contributed by atoms with van der Waals surface area (Å²) in [5, 5.41) is 0.876. The lowest BCUT2D eigenvalue weighted by molar-refractivity contribution is -0.133. The highest BCUT2D eigenvalue weighted by atomic mass is 32.2. The van der Waals surface area contributed by atoms with Gasteiger partial charge in [-0.3, -0.25) is 4.72 Å². The van der Waals surface area contributed by atoms with E-state index in [1.807, 2.05) is 0 Å². The molecule has 0 bridgehead atoms. The van der Waals surface area contributed by atoms with Gasteiger partial charge in [-0.05, 0) is 17.7 Å². The van der Waals surface area contributed by atoms with Crippen LogP contribution in [0.3, 0.4) is 0 Å². The van der Waals surface area contributed by atoms with Crippen molar-refractivity contribution in [2.24, 2.45) is 0 Å². The Kier molecular flexibility index (Phi) is 4.95. The van der Waals surface area contributed by atoms with Crippen LogP contribution in [0.25, 0.3) is 5.57 Å². The maximum atomic E-state index is 12.2. The number of nitrogens with one attached hydrogen (secondary N) is 1. The molecule has 0 fully saturated rings. The molecule has 5 nitrogen and oxygen atoms in total. The monoisotopic (exact) mass is 317 g/mol. The standard InChI is InChI=1S/C16H15NO4S/c1-21-16(18)15(13-8-4-2-5-9-13)12-22(19,20)17-14-10-6-3-7-11-14/h2-12,17H,1H3. The van der Waals surface area contributed by atoms with Crippen molar-refractivity contribution in [3.8, 4) is 0 Å². The number of sulfonamides is 1. The summed E-state index contributed by atoms with van der Waals surface area (Å²) in [7, 11) is -2.65. The highest BCUT2D eigenvalue weighted by Crippen LogP contribution is 2.18. The summed E-state index contributed by atoms with van der Waals surface area (Å²) < 4.78 is 31.5. The van der Waals surface area contributed by atoms with Crippen molar-refractivity contribution in [2.45, 2.75) is 0 Å². The Morgan fingerprint density at radius 2 is 1.55 bits per heavy atom. The van der Waals surface area contributed by atoms with E-state index in [0.717, 1.165) is 5.41 Å². The number of ether oxygens (including phenoxy) is 1. The van der Waals surface area contributed by atoms with Gasteiger partial charge in [0.15, 0.2) is 0 Å². The zero-order valence-electron chi connectivity index (χ0n) is 11.9. The topological polar surface area (TPSA) is 72.5 Å². The van der Waals surface area contributed by atoms with Gasteiger partial charge >= 0.3 is 5.97 Å². The Morgan fingerprint density at radius 1 is 1.00 bits per heavy atom.